The largest absolute Gasteiger partial charge is 0.310 e. The standard InChI is InChI=1S/C18H27NS/c1-3-19-17(16-4-12(2)20-11-16)18-8-13-5-14(9-18)7-15(6-13)10-18/h4,11,13-15,17,19H,3,5-10H2,1-2H3. The van der Waals surface area contributed by atoms with Gasteiger partial charge in [-0.3, -0.25) is 0 Å². The molecule has 1 atom stereocenters. The molecule has 1 aromatic rings. The zero-order valence-corrected chi connectivity index (χ0v) is 13.6. The topological polar surface area (TPSA) is 12.0 Å². The normalized spacial score (nSPS) is 40.2. The molecule has 0 spiro atoms. The first-order valence-electron chi connectivity index (χ1n) is 8.47. The maximum atomic E-state index is 3.88. The van der Waals surface area contributed by atoms with Gasteiger partial charge in [0.2, 0.25) is 0 Å². The molecule has 20 heavy (non-hydrogen) atoms. The first kappa shape index (κ1) is 13.3. The van der Waals surface area contributed by atoms with Crippen LogP contribution in [0.3, 0.4) is 0 Å². The molecule has 1 nitrogen and oxygen atoms in total. The summed E-state index contributed by atoms with van der Waals surface area (Å²) in [5.41, 5.74) is 2.16. The molecule has 5 rings (SSSR count). The Morgan fingerprint density at radius 2 is 1.80 bits per heavy atom. The molecule has 4 fully saturated rings. The predicted octanol–water partition coefficient (Wildman–Crippen LogP) is 4.92. The van der Waals surface area contributed by atoms with E-state index in [0.29, 0.717) is 11.5 Å². The van der Waals surface area contributed by atoms with Gasteiger partial charge in [-0.15, -0.1) is 11.3 Å². The van der Waals surface area contributed by atoms with E-state index in [1.807, 2.05) is 11.3 Å². The average molecular weight is 289 g/mol. The average Bonchev–Trinajstić information content (AvgIpc) is 2.80. The smallest absolute Gasteiger partial charge is 0.0385 e. The third-order valence-corrected chi connectivity index (χ3v) is 7.07. The maximum Gasteiger partial charge on any atom is 0.0385 e. The van der Waals surface area contributed by atoms with Crippen molar-refractivity contribution in [1.82, 2.24) is 5.32 Å². The Balaban J connectivity index is 1.68. The van der Waals surface area contributed by atoms with Gasteiger partial charge in [-0.25, -0.2) is 0 Å². The van der Waals surface area contributed by atoms with Gasteiger partial charge in [0, 0.05) is 10.9 Å². The lowest BCUT2D eigenvalue weighted by Gasteiger charge is -2.59. The maximum absolute atomic E-state index is 3.88. The molecule has 4 aliphatic rings. The minimum atomic E-state index is 0.582. The molecule has 0 aromatic carbocycles. The van der Waals surface area contributed by atoms with Gasteiger partial charge < -0.3 is 5.32 Å². The third kappa shape index (κ3) is 2.07. The Morgan fingerprint density at radius 3 is 2.25 bits per heavy atom. The van der Waals surface area contributed by atoms with E-state index in [1.165, 1.54) is 24.1 Å². The number of rotatable bonds is 4. The van der Waals surface area contributed by atoms with Crippen LogP contribution in [0.1, 0.15) is 61.9 Å². The van der Waals surface area contributed by atoms with E-state index in [1.54, 1.807) is 24.8 Å². The van der Waals surface area contributed by atoms with Crippen LogP contribution in [-0.2, 0) is 0 Å². The van der Waals surface area contributed by atoms with Gasteiger partial charge in [0.1, 0.15) is 0 Å². The molecule has 1 heterocycles. The highest BCUT2D eigenvalue weighted by molar-refractivity contribution is 7.10. The van der Waals surface area contributed by atoms with Gasteiger partial charge in [-0.1, -0.05) is 6.92 Å². The molecular formula is C18H27NS. The number of thiophene rings is 1. The van der Waals surface area contributed by atoms with Crippen LogP contribution < -0.4 is 5.32 Å². The van der Waals surface area contributed by atoms with Gasteiger partial charge in [0.25, 0.3) is 0 Å². The van der Waals surface area contributed by atoms with Crippen molar-refractivity contribution in [3.8, 4) is 0 Å². The van der Waals surface area contributed by atoms with Crippen LogP contribution in [0.15, 0.2) is 11.4 Å². The Kier molecular flexibility index (Phi) is 3.23. The fraction of sp³-hybridized carbons (Fsp3) is 0.778. The Morgan fingerprint density at radius 1 is 1.20 bits per heavy atom. The molecule has 0 aliphatic heterocycles. The first-order valence-corrected chi connectivity index (χ1v) is 9.35. The molecule has 4 bridgehead atoms. The molecule has 1 N–H and O–H groups in total. The Labute approximate surface area is 127 Å². The number of hydrogen-bond donors (Lipinski definition) is 1. The summed E-state index contributed by atoms with van der Waals surface area (Å²) >= 11 is 1.92. The predicted molar refractivity (Wildman–Crippen MR) is 86.1 cm³/mol. The van der Waals surface area contributed by atoms with E-state index in [4.69, 9.17) is 0 Å². The molecular weight excluding hydrogens is 262 g/mol. The molecule has 1 unspecified atom stereocenters. The van der Waals surface area contributed by atoms with Gasteiger partial charge in [-0.2, -0.15) is 0 Å². The zero-order valence-electron chi connectivity index (χ0n) is 12.8. The summed E-state index contributed by atoms with van der Waals surface area (Å²) in [5, 5.41) is 6.29. The molecule has 110 valence electrons. The van der Waals surface area contributed by atoms with Crippen molar-refractivity contribution in [3.63, 3.8) is 0 Å². The van der Waals surface area contributed by atoms with Crippen molar-refractivity contribution in [2.45, 2.75) is 58.4 Å². The van der Waals surface area contributed by atoms with Gasteiger partial charge in [-0.05, 0) is 92.2 Å². The second-order valence-electron chi connectivity index (χ2n) is 7.76. The van der Waals surface area contributed by atoms with Crippen molar-refractivity contribution >= 4 is 11.3 Å². The quantitative estimate of drug-likeness (QED) is 0.829. The van der Waals surface area contributed by atoms with Crippen LogP contribution in [0.5, 0.6) is 0 Å². The van der Waals surface area contributed by atoms with Gasteiger partial charge in [0.15, 0.2) is 0 Å². The lowest BCUT2D eigenvalue weighted by molar-refractivity contribution is -0.0745. The summed E-state index contributed by atoms with van der Waals surface area (Å²) in [4.78, 5) is 1.47. The molecule has 1 aromatic heterocycles. The van der Waals surface area contributed by atoms with E-state index in [0.717, 1.165) is 24.3 Å². The van der Waals surface area contributed by atoms with E-state index >= 15 is 0 Å². The van der Waals surface area contributed by atoms with Crippen molar-refractivity contribution in [1.29, 1.82) is 0 Å². The molecule has 2 heteroatoms. The van der Waals surface area contributed by atoms with E-state index < -0.39 is 0 Å². The van der Waals surface area contributed by atoms with Crippen LogP contribution >= 0.6 is 11.3 Å². The highest BCUT2D eigenvalue weighted by atomic mass is 32.1. The van der Waals surface area contributed by atoms with Crippen molar-refractivity contribution in [3.05, 3.63) is 21.9 Å². The van der Waals surface area contributed by atoms with Crippen molar-refractivity contribution in [2.75, 3.05) is 6.54 Å². The lowest BCUT2D eigenvalue weighted by Crippen LogP contribution is -2.51. The molecule has 0 amide bonds. The third-order valence-electron chi connectivity index (χ3n) is 6.19. The fourth-order valence-electron chi connectivity index (χ4n) is 6.04. The lowest BCUT2D eigenvalue weighted by atomic mass is 9.47. The van der Waals surface area contributed by atoms with Crippen molar-refractivity contribution in [2.24, 2.45) is 23.2 Å². The van der Waals surface area contributed by atoms with Gasteiger partial charge in [0.05, 0.1) is 0 Å². The Bertz CT molecular complexity index is 454. The van der Waals surface area contributed by atoms with Crippen LogP contribution in [0.2, 0.25) is 0 Å². The van der Waals surface area contributed by atoms with E-state index in [9.17, 15) is 0 Å². The summed E-state index contributed by atoms with van der Waals surface area (Å²) in [7, 11) is 0. The SMILES string of the molecule is CCNC(c1csc(C)c1)C12CC3CC(CC(C3)C1)C2. The van der Waals surface area contributed by atoms with Crippen LogP contribution in [0, 0.1) is 30.1 Å². The van der Waals surface area contributed by atoms with Crippen molar-refractivity contribution < 1.29 is 0 Å². The molecule has 4 aliphatic carbocycles. The minimum Gasteiger partial charge on any atom is -0.310 e. The minimum absolute atomic E-state index is 0.582. The number of aryl methyl sites for hydroxylation is 1. The second-order valence-corrected chi connectivity index (χ2v) is 8.88. The number of hydrogen-bond acceptors (Lipinski definition) is 2. The summed E-state index contributed by atoms with van der Waals surface area (Å²) < 4.78 is 0. The van der Waals surface area contributed by atoms with Crippen LogP contribution in [0.25, 0.3) is 0 Å². The molecule has 0 radical (unpaired) electrons. The van der Waals surface area contributed by atoms with E-state index in [-0.39, 0.29) is 0 Å². The molecule has 0 saturated heterocycles. The number of nitrogens with one attached hydrogen (secondary N) is 1. The highest BCUT2D eigenvalue weighted by Gasteiger charge is 2.54. The summed E-state index contributed by atoms with van der Waals surface area (Å²) in [6.07, 6.45) is 9.10. The van der Waals surface area contributed by atoms with E-state index in [2.05, 4.69) is 30.6 Å². The fourth-order valence-corrected chi connectivity index (χ4v) is 6.77. The Hall–Kier alpha value is -0.340. The highest BCUT2D eigenvalue weighted by Crippen LogP contribution is 2.64. The van der Waals surface area contributed by atoms with Gasteiger partial charge >= 0.3 is 0 Å². The summed E-state index contributed by atoms with van der Waals surface area (Å²) in [6, 6.07) is 3.06. The molecule has 4 saturated carbocycles. The summed E-state index contributed by atoms with van der Waals surface area (Å²) in [5.74, 6) is 3.13. The van der Waals surface area contributed by atoms with Crippen LogP contribution in [0.4, 0.5) is 0 Å². The first-order chi connectivity index (χ1) is 9.68. The summed E-state index contributed by atoms with van der Waals surface area (Å²) in [6.45, 7) is 5.62. The van der Waals surface area contributed by atoms with Crippen LogP contribution in [-0.4, -0.2) is 6.54 Å². The zero-order chi connectivity index (χ0) is 13.7. The monoisotopic (exact) mass is 289 g/mol. The second kappa shape index (κ2) is 4.84.